The second-order valence-corrected chi connectivity index (χ2v) is 6.57. The van der Waals surface area contributed by atoms with Crippen molar-refractivity contribution in [1.29, 1.82) is 0 Å². The first-order valence-electron chi connectivity index (χ1n) is 7.19. The van der Waals surface area contributed by atoms with Crippen molar-refractivity contribution in [3.05, 3.63) is 30.1 Å². The van der Waals surface area contributed by atoms with Crippen LogP contribution in [-0.2, 0) is 0 Å². The number of nitrogens with one attached hydrogen (secondary N) is 1. The zero-order valence-corrected chi connectivity index (χ0v) is 12.1. The van der Waals surface area contributed by atoms with Gasteiger partial charge in [0.1, 0.15) is 0 Å². The number of aromatic nitrogens is 1. The fraction of sp³-hybridized carbons (Fsp3) is 0.625. The van der Waals surface area contributed by atoms with Gasteiger partial charge >= 0.3 is 0 Å². The first-order valence-corrected chi connectivity index (χ1v) is 7.19. The summed E-state index contributed by atoms with van der Waals surface area (Å²) in [7, 11) is 0. The summed E-state index contributed by atoms with van der Waals surface area (Å²) < 4.78 is 0. The van der Waals surface area contributed by atoms with Crippen LogP contribution in [0.15, 0.2) is 24.5 Å². The quantitative estimate of drug-likeness (QED) is 0.885. The summed E-state index contributed by atoms with van der Waals surface area (Å²) in [5.41, 5.74) is 0.949. The molecule has 19 heavy (non-hydrogen) atoms. The number of nitrogens with zero attached hydrogens (tertiary/aromatic N) is 1. The van der Waals surface area contributed by atoms with Crippen LogP contribution in [-0.4, -0.2) is 16.9 Å². The van der Waals surface area contributed by atoms with Crippen LogP contribution in [0.5, 0.6) is 0 Å². The smallest absolute Gasteiger partial charge is 0.251 e. The van der Waals surface area contributed by atoms with Crippen LogP contribution < -0.4 is 5.32 Å². The normalized spacial score (nSPS) is 23.9. The number of amides is 1. The van der Waals surface area contributed by atoms with Gasteiger partial charge in [-0.15, -0.1) is 0 Å². The zero-order valence-electron chi connectivity index (χ0n) is 12.1. The predicted molar refractivity (Wildman–Crippen MR) is 76.9 cm³/mol. The van der Waals surface area contributed by atoms with Gasteiger partial charge in [-0.3, -0.25) is 9.78 Å². The molecule has 2 rings (SSSR count). The van der Waals surface area contributed by atoms with Crippen molar-refractivity contribution in [2.24, 2.45) is 11.3 Å². The molecule has 0 unspecified atom stereocenters. The molecule has 1 aliphatic carbocycles. The summed E-state index contributed by atoms with van der Waals surface area (Å²) >= 11 is 0. The first-order chi connectivity index (χ1) is 8.98. The number of carbonyl (C=O) groups is 1. The van der Waals surface area contributed by atoms with E-state index in [2.05, 4.69) is 31.1 Å². The van der Waals surface area contributed by atoms with Crippen molar-refractivity contribution in [3.63, 3.8) is 0 Å². The Balaban J connectivity index is 2.06. The van der Waals surface area contributed by atoms with Gasteiger partial charge in [0.2, 0.25) is 0 Å². The fourth-order valence-corrected chi connectivity index (χ4v) is 3.10. The molecule has 0 spiro atoms. The topological polar surface area (TPSA) is 42.0 Å². The average molecular weight is 260 g/mol. The van der Waals surface area contributed by atoms with Gasteiger partial charge in [0.15, 0.2) is 0 Å². The van der Waals surface area contributed by atoms with E-state index >= 15 is 0 Å². The lowest BCUT2D eigenvalue weighted by molar-refractivity contribution is 0.0830. The van der Waals surface area contributed by atoms with E-state index in [-0.39, 0.29) is 11.3 Å². The standard InChI is InChI=1S/C16H24N2O/c1-16(2,3)13-6-4-5-7-14(13)18-15(19)12-8-10-17-11-9-12/h8-11,13-14H,4-7H2,1-3H3,(H,18,19)/t13-,14-/m1/s1. The number of hydrogen-bond donors (Lipinski definition) is 1. The summed E-state index contributed by atoms with van der Waals surface area (Å²) in [6, 6.07) is 3.84. The summed E-state index contributed by atoms with van der Waals surface area (Å²) in [5, 5.41) is 3.23. The van der Waals surface area contributed by atoms with Crippen molar-refractivity contribution >= 4 is 5.91 Å². The Hall–Kier alpha value is -1.38. The summed E-state index contributed by atoms with van der Waals surface area (Å²) in [6.45, 7) is 6.82. The molecular weight excluding hydrogens is 236 g/mol. The summed E-state index contributed by atoms with van der Waals surface area (Å²) in [5.74, 6) is 0.593. The van der Waals surface area contributed by atoms with Gasteiger partial charge in [0.25, 0.3) is 5.91 Å². The van der Waals surface area contributed by atoms with Crippen LogP contribution in [0.1, 0.15) is 56.8 Å². The maximum Gasteiger partial charge on any atom is 0.251 e. The molecule has 1 saturated carbocycles. The van der Waals surface area contributed by atoms with Crippen LogP contribution in [0.3, 0.4) is 0 Å². The zero-order chi connectivity index (χ0) is 13.9. The minimum atomic E-state index is 0.0311. The Morgan fingerprint density at radius 2 is 1.84 bits per heavy atom. The maximum atomic E-state index is 12.2. The Morgan fingerprint density at radius 3 is 2.47 bits per heavy atom. The molecule has 1 amide bonds. The van der Waals surface area contributed by atoms with Gasteiger partial charge in [0.05, 0.1) is 0 Å². The van der Waals surface area contributed by atoms with Crippen molar-refractivity contribution in [1.82, 2.24) is 10.3 Å². The Bertz CT molecular complexity index is 422. The third kappa shape index (κ3) is 3.55. The summed E-state index contributed by atoms with van der Waals surface area (Å²) in [4.78, 5) is 16.2. The molecule has 0 saturated heterocycles. The van der Waals surface area contributed by atoms with E-state index in [0.717, 1.165) is 6.42 Å². The minimum Gasteiger partial charge on any atom is -0.349 e. The van der Waals surface area contributed by atoms with Gasteiger partial charge in [-0.25, -0.2) is 0 Å². The highest BCUT2D eigenvalue weighted by molar-refractivity contribution is 5.94. The molecule has 0 bridgehead atoms. The van der Waals surface area contributed by atoms with Crippen LogP contribution in [0.2, 0.25) is 0 Å². The highest BCUT2D eigenvalue weighted by Crippen LogP contribution is 2.38. The van der Waals surface area contributed by atoms with Gasteiger partial charge in [-0.2, -0.15) is 0 Å². The van der Waals surface area contributed by atoms with Gasteiger partial charge in [-0.05, 0) is 36.3 Å². The molecule has 0 radical (unpaired) electrons. The Morgan fingerprint density at radius 1 is 1.21 bits per heavy atom. The molecule has 0 aliphatic heterocycles. The molecule has 1 heterocycles. The van der Waals surface area contributed by atoms with E-state index in [0.29, 0.717) is 17.5 Å². The fourth-order valence-electron chi connectivity index (χ4n) is 3.10. The number of carbonyl (C=O) groups excluding carboxylic acids is 1. The second kappa shape index (κ2) is 5.72. The summed E-state index contributed by atoms with van der Waals surface area (Å²) in [6.07, 6.45) is 8.13. The number of hydrogen-bond acceptors (Lipinski definition) is 2. The Kier molecular flexibility index (Phi) is 4.23. The molecule has 0 aromatic carbocycles. The number of pyridine rings is 1. The van der Waals surface area contributed by atoms with E-state index < -0.39 is 0 Å². The first kappa shape index (κ1) is 14.0. The molecular formula is C16H24N2O. The van der Waals surface area contributed by atoms with Crippen LogP contribution in [0, 0.1) is 11.3 Å². The van der Waals surface area contributed by atoms with Gasteiger partial charge in [0, 0.05) is 24.0 Å². The van der Waals surface area contributed by atoms with E-state index in [1.165, 1.54) is 19.3 Å². The molecule has 3 nitrogen and oxygen atoms in total. The predicted octanol–water partition coefficient (Wildman–Crippen LogP) is 3.42. The largest absolute Gasteiger partial charge is 0.349 e. The number of rotatable bonds is 2. The highest BCUT2D eigenvalue weighted by Gasteiger charge is 2.34. The lowest BCUT2D eigenvalue weighted by atomic mass is 9.69. The third-order valence-corrected chi connectivity index (χ3v) is 4.14. The molecule has 1 aromatic rings. The molecule has 1 aliphatic rings. The highest BCUT2D eigenvalue weighted by atomic mass is 16.1. The lowest BCUT2D eigenvalue weighted by Gasteiger charge is -2.40. The molecule has 1 aromatic heterocycles. The molecule has 1 N–H and O–H groups in total. The third-order valence-electron chi connectivity index (χ3n) is 4.14. The lowest BCUT2D eigenvalue weighted by Crippen LogP contribution is -2.46. The SMILES string of the molecule is CC(C)(C)[C@@H]1CCCC[C@H]1NC(=O)c1ccncc1. The van der Waals surface area contributed by atoms with Gasteiger partial charge < -0.3 is 5.32 Å². The van der Waals surface area contributed by atoms with Gasteiger partial charge in [-0.1, -0.05) is 33.6 Å². The van der Waals surface area contributed by atoms with Crippen molar-refractivity contribution < 1.29 is 4.79 Å². The van der Waals surface area contributed by atoms with Crippen LogP contribution in [0.25, 0.3) is 0 Å². The van der Waals surface area contributed by atoms with E-state index in [1.54, 1.807) is 24.5 Å². The van der Waals surface area contributed by atoms with Crippen LogP contribution >= 0.6 is 0 Å². The maximum absolute atomic E-state index is 12.2. The minimum absolute atomic E-state index is 0.0311. The van der Waals surface area contributed by atoms with Crippen LogP contribution in [0.4, 0.5) is 0 Å². The van der Waals surface area contributed by atoms with Crippen molar-refractivity contribution in [2.45, 2.75) is 52.5 Å². The van der Waals surface area contributed by atoms with E-state index in [9.17, 15) is 4.79 Å². The van der Waals surface area contributed by atoms with E-state index in [4.69, 9.17) is 0 Å². The molecule has 104 valence electrons. The monoisotopic (exact) mass is 260 g/mol. The molecule has 3 heteroatoms. The van der Waals surface area contributed by atoms with Crippen molar-refractivity contribution in [2.75, 3.05) is 0 Å². The Labute approximate surface area is 115 Å². The van der Waals surface area contributed by atoms with E-state index in [1.807, 2.05) is 0 Å². The second-order valence-electron chi connectivity index (χ2n) is 6.57. The molecule has 2 atom stereocenters. The average Bonchev–Trinajstić information content (AvgIpc) is 2.39. The van der Waals surface area contributed by atoms with Crippen molar-refractivity contribution in [3.8, 4) is 0 Å². The molecule has 1 fully saturated rings.